The largest absolute Gasteiger partial charge is 0.354 e. The second-order valence-corrected chi connectivity index (χ2v) is 4.43. The van der Waals surface area contributed by atoms with E-state index in [-0.39, 0.29) is 0 Å². The maximum absolute atomic E-state index is 4.37. The molecular weight excluding hydrogens is 244 g/mol. The Bertz CT molecular complexity index is 534. The van der Waals surface area contributed by atoms with Crippen LogP contribution in [-0.2, 0) is 0 Å². The molecule has 1 saturated carbocycles. The van der Waals surface area contributed by atoms with Gasteiger partial charge < -0.3 is 10.6 Å². The highest BCUT2D eigenvalue weighted by Gasteiger charge is 2.19. The molecule has 1 aliphatic rings. The van der Waals surface area contributed by atoms with Crippen molar-refractivity contribution in [2.45, 2.75) is 32.2 Å². The third-order valence-electron chi connectivity index (χ3n) is 3.02. The van der Waals surface area contributed by atoms with E-state index < -0.39 is 0 Å². The Kier molecular flexibility index (Phi) is 3.21. The van der Waals surface area contributed by atoms with Gasteiger partial charge in [-0.3, -0.25) is 0 Å². The smallest absolute Gasteiger partial charge is 0.258 e. The molecule has 0 spiro atoms. The summed E-state index contributed by atoms with van der Waals surface area (Å²) in [6.45, 7) is 2.75. The number of nitrogens with zero attached hydrogens (tertiary/aromatic N) is 6. The van der Waals surface area contributed by atoms with Crippen molar-refractivity contribution in [3.63, 3.8) is 0 Å². The van der Waals surface area contributed by atoms with E-state index in [2.05, 4.69) is 35.7 Å². The Morgan fingerprint density at radius 1 is 1.26 bits per heavy atom. The first-order chi connectivity index (χ1) is 9.35. The van der Waals surface area contributed by atoms with Crippen molar-refractivity contribution < 1.29 is 0 Å². The van der Waals surface area contributed by atoms with Gasteiger partial charge >= 0.3 is 0 Å². The summed E-state index contributed by atoms with van der Waals surface area (Å²) < 4.78 is 1.52. The molecule has 8 heteroatoms. The summed E-state index contributed by atoms with van der Waals surface area (Å²) in [5, 5.41) is 10.5. The number of rotatable bonds is 5. The van der Waals surface area contributed by atoms with Gasteiger partial charge in [-0.15, -0.1) is 0 Å². The van der Waals surface area contributed by atoms with Crippen LogP contribution in [-0.4, -0.2) is 42.3 Å². The molecule has 0 atom stereocenters. The summed E-state index contributed by atoms with van der Waals surface area (Å²) in [4.78, 5) is 16.9. The third kappa shape index (κ3) is 2.61. The lowest BCUT2D eigenvalue weighted by Gasteiger charge is -2.26. The van der Waals surface area contributed by atoms with Gasteiger partial charge in [0.15, 0.2) is 0 Å². The predicted octanol–water partition coefficient (Wildman–Crippen LogP) is 0.848. The summed E-state index contributed by atoms with van der Waals surface area (Å²) in [5.41, 5.74) is 0. The first-order valence-corrected chi connectivity index (χ1v) is 6.46. The van der Waals surface area contributed by atoms with Crippen molar-refractivity contribution in [2.75, 3.05) is 17.2 Å². The number of hydrogen-bond acceptors (Lipinski definition) is 7. The highest BCUT2D eigenvalue weighted by atomic mass is 15.4. The van der Waals surface area contributed by atoms with Crippen LogP contribution in [0.15, 0.2) is 12.7 Å². The van der Waals surface area contributed by atoms with Crippen LogP contribution in [0.25, 0.3) is 5.95 Å². The molecule has 0 bridgehead atoms. The van der Waals surface area contributed by atoms with Gasteiger partial charge in [-0.05, 0) is 26.2 Å². The van der Waals surface area contributed by atoms with Gasteiger partial charge in [0.1, 0.15) is 12.7 Å². The molecule has 0 saturated heterocycles. The van der Waals surface area contributed by atoms with Crippen molar-refractivity contribution in [3.05, 3.63) is 12.7 Å². The minimum absolute atomic E-state index is 0.463. The van der Waals surface area contributed by atoms with E-state index in [1.165, 1.54) is 30.3 Å². The Balaban J connectivity index is 1.89. The molecule has 8 nitrogen and oxygen atoms in total. The van der Waals surface area contributed by atoms with Gasteiger partial charge in [-0.1, -0.05) is 0 Å². The van der Waals surface area contributed by atoms with Gasteiger partial charge in [-0.25, -0.2) is 4.98 Å². The van der Waals surface area contributed by atoms with E-state index in [0.29, 0.717) is 23.9 Å². The maximum Gasteiger partial charge on any atom is 0.258 e. The number of hydrogen-bond donors (Lipinski definition) is 2. The standard InChI is InChI=1S/C11H16N8/c1-2-13-9-16-10(15-8-4-3-5-8)18-11(17-9)19-7-12-6-14-19/h6-8H,2-5H2,1H3,(H2,13,15,16,17,18). The summed E-state index contributed by atoms with van der Waals surface area (Å²) in [6.07, 6.45) is 6.62. The lowest BCUT2D eigenvalue weighted by Crippen LogP contribution is -2.28. The summed E-state index contributed by atoms with van der Waals surface area (Å²) in [6, 6.07) is 0.473. The molecule has 3 rings (SSSR count). The molecule has 0 aromatic carbocycles. The highest BCUT2D eigenvalue weighted by Crippen LogP contribution is 2.22. The zero-order chi connectivity index (χ0) is 13.1. The molecule has 2 aromatic heterocycles. The van der Waals surface area contributed by atoms with E-state index in [1.54, 1.807) is 6.33 Å². The van der Waals surface area contributed by atoms with E-state index in [4.69, 9.17) is 0 Å². The van der Waals surface area contributed by atoms with Crippen molar-refractivity contribution >= 4 is 11.9 Å². The molecule has 1 aliphatic carbocycles. The minimum Gasteiger partial charge on any atom is -0.354 e. The van der Waals surface area contributed by atoms with Crippen molar-refractivity contribution in [1.29, 1.82) is 0 Å². The molecular formula is C11H16N8. The molecule has 1 fully saturated rings. The van der Waals surface area contributed by atoms with Crippen LogP contribution in [0.1, 0.15) is 26.2 Å². The Morgan fingerprint density at radius 2 is 2.11 bits per heavy atom. The Hall–Kier alpha value is -2.25. The van der Waals surface area contributed by atoms with Gasteiger partial charge in [0.25, 0.3) is 5.95 Å². The molecule has 2 N–H and O–H groups in total. The SMILES string of the molecule is CCNc1nc(NC2CCC2)nc(-n2cncn2)n1. The quantitative estimate of drug-likeness (QED) is 0.823. The first kappa shape index (κ1) is 11.8. The van der Waals surface area contributed by atoms with Gasteiger partial charge in [0.05, 0.1) is 0 Å². The van der Waals surface area contributed by atoms with Crippen molar-refractivity contribution in [3.8, 4) is 5.95 Å². The predicted molar refractivity (Wildman–Crippen MR) is 70.2 cm³/mol. The molecule has 2 aromatic rings. The molecule has 0 unspecified atom stereocenters. The van der Waals surface area contributed by atoms with E-state index in [9.17, 15) is 0 Å². The number of anilines is 2. The van der Waals surface area contributed by atoms with Crippen molar-refractivity contribution in [1.82, 2.24) is 29.7 Å². The number of nitrogens with one attached hydrogen (secondary N) is 2. The minimum atomic E-state index is 0.463. The van der Waals surface area contributed by atoms with Gasteiger partial charge in [0.2, 0.25) is 11.9 Å². The molecule has 2 heterocycles. The van der Waals surface area contributed by atoms with E-state index >= 15 is 0 Å². The van der Waals surface area contributed by atoms with Gasteiger partial charge in [-0.2, -0.15) is 24.7 Å². The molecule has 100 valence electrons. The topological polar surface area (TPSA) is 93.4 Å². The average Bonchev–Trinajstić information content (AvgIpc) is 2.88. The van der Waals surface area contributed by atoms with Crippen LogP contribution in [0.3, 0.4) is 0 Å². The second kappa shape index (κ2) is 5.17. The maximum atomic E-state index is 4.37. The fourth-order valence-corrected chi connectivity index (χ4v) is 1.82. The average molecular weight is 260 g/mol. The van der Waals surface area contributed by atoms with Gasteiger partial charge in [0, 0.05) is 12.6 Å². The lowest BCUT2D eigenvalue weighted by molar-refractivity contribution is 0.443. The Labute approximate surface area is 110 Å². The summed E-state index contributed by atoms with van der Waals surface area (Å²) in [7, 11) is 0. The normalized spacial score (nSPS) is 15.0. The van der Waals surface area contributed by atoms with Crippen LogP contribution >= 0.6 is 0 Å². The monoisotopic (exact) mass is 260 g/mol. The zero-order valence-electron chi connectivity index (χ0n) is 10.7. The molecule has 19 heavy (non-hydrogen) atoms. The molecule has 0 aliphatic heterocycles. The fraction of sp³-hybridized carbons (Fsp3) is 0.545. The van der Waals surface area contributed by atoms with Crippen LogP contribution in [0, 0.1) is 0 Å². The van der Waals surface area contributed by atoms with E-state index in [1.807, 2.05) is 6.92 Å². The zero-order valence-corrected chi connectivity index (χ0v) is 10.7. The number of aromatic nitrogens is 6. The van der Waals surface area contributed by atoms with E-state index in [0.717, 1.165) is 6.54 Å². The fourth-order valence-electron chi connectivity index (χ4n) is 1.82. The van der Waals surface area contributed by atoms with Crippen LogP contribution in [0.2, 0.25) is 0 Å². The lowest BCUT2D eigenvalue weighted by atomic mass is 9.93. The van der Waals surface area contributed by atoms with Crippen molar-refractivity contribution in [2.24, 2.45) is 0 Å². The highest BCUT2D eigenvalue weighted by molar-refractivity contribution is 5.38. The van der Waals surface area contributed by atoms with Crippen LogP contribution in [0.4, 0.5) is 11.9 Å². The molecule has 0 radical (unpaired) electrons. The summed E-state index contributed by atoms with van der Waals surface area (Å²) >= 11 is 0. The molecule has 0 amide bonds. The van der Waals surface area contributed by atoms with Crippen LogP contribution < -0.4 is 10.6 Å². The third-order valence-corrected chi connectivity index (χ3v) is 3.02. The Morgan fingerprint density at radius 3 is 2.74 bits per heavy atom. The second-order valence-electron chi connectivity index (χ2n) is 4.43. The summed E-state index contributed by atoms with van der Waals surface area (Å²) in [5.74, 6) is 1.59. The first-order valence-electron chi connectivity index (χ1n) is 6.46. The van der Waals surface area contributed by atoms with Crippen LogP contribution in [0.5, 0.6) is 0 Å².